The van der Waals surface area contributed by atoms with E-state index in [0.29, 0.717) is 23.7 Å². The molecule has 148 valence electrons. The predicted molar refractivity (Wildman–Crippen MR) is 106 cm³/mol. The quantitative estimate of drug-likeness (QED) is 0.619. The van der Waals surface area contributed by atoms with Crippen LogP contribution in [0.5, 0.6) is 5.75 Å². The van der Waals surface area contributed by atoms with Crippen molar-refractivity contribution in [1.29, 1.82) is 0 Å². The maximum Gasteiger partial charge on any atom is 0.338 e. The van der Waals surface area contributed by atoms with Gasteiger partial charge in [-0.05, 0) is 61.8 Å². The van der Waals surface area contributed by atoms with Crippen molar-refractivity contribution in [2.75, 3.05) is 7.11 Å². The number of aliphatic hydroxyl groups is 1. The van der Waals surface area contributed by atoms with Gasteiger partial charge in [0.25, 0.3) is 0 Å². The normalized spacial score (nSPS) is 33.5. The average Bonchev–Trinajstić information content (AvgIpc) is 2.63. The predicted octanol–water partition coefficient (Wildman–Crippen LogP) is 4.62. The molecule has 27 heavy (non-hydrogen) atoms. The van der Waals surface area contributed by atoms with Crippen LogP contribution in [0.4, 0.5) is 0 Å². The summed E-state index contributed by atoms with van der Waals surface area (Å²) in [4.78, 5) is 12.8. The van der Waals surface area contributed by atoms with E-state index in [2.05, 4.69) is 27.4 Å². The lowest BCUT2D eigenvalue weighted by Crippen LogP contribution is -2.57. The lowest BCUT2D eigenvalue weighted by Gasteiger charge is -2.55. The van der Waals surface area contributed by atoms with Gasteiger partial charge < -0.3 is 14.6 Å². The summed E-state index contributed by atoms with van der Waals surface area (Å²) in [5, 5.41) is 11.1. The molecule has 0 spiro atoms. The minimum atomic E-state index is -0.418. The number of fused-ring (bicyclic) bond motifs is 1. The Bertz CT molecular complexity index is 693. The Hall–Kier alpha value is -1.81. The van der Waals surface area contributed by atoms with E-state index in [4.69, 9.17) is 9.47 Å². The summed E-state index contributed by atoms with van der Waals surface area (Å²) < 4.78 is 11.2. The van der Waals surface area contributed by atoms with Crippen LogP contribution in [-0.4, -0.2) is 30.4 Å². The molecule has 0 saturated heterocycles. The Balaban J connectivity index is 1.86. The molecule has 0 radical (unpaired) electrons. The first-order chi connectivity index (χ1) is 12.8. The zero-order valence-corrected chi connectivity index (χ0v) is 16.9. The van der Waals surface area contributed by atoms with E-state index in [1.807, 2.05) is 0 Å². The fraction of sp³-hybridized carbons (Fsp3) is 0.609. The molecule has 0 bridgehead atoms. The van der Waals surface area contributed by atoms with Crippen LogP contribution in [-0.2, 0) is 4.74 Å². The lowest BCUT2D eigenvalue weighted by atomic mass is 9.53. The van der Waals surface area contributed by atoms with Crippen molar-refractivity contribution in [3.8, 4) is 5.75 Å². The van der Waals surface area contributed by atoms with Crippen molar-refractivity contribution >= 4 is 5.97 Å². The van der Waals surface area contributed by atoms with Crippen LogP contribution in [0.3, 0.4) is 0 Å². The number of esters is 1. The maximum atomic E-state index is 12.8. The van der Waals surface area contributed by atoms with Crippen LogP contribution in [0.15, 0.2) is 36.4 Å². The van der Waals surface area contributed by atoms with Gasteiger partial charge in [-0.1, -0.05) is 32.9 Å². The van der Waals surface area contributed by atoms with Crippen molar-refractivity contribution < 1.29 is 19.4 Å². The van der Waals surface area contributed by atoms with Gasteiger partial charge in [0.15, 0.2) is 0 Å². The van der Waals surface area contributed by atoms with E-state index < -0.39 is 6.10 Å². The zero-order valence-electron chi connectivity index (χ0n) is 16.9. The molecule has 0 aliphatic heterocycles. The highest BCUT2D eigenvalue weighted by molar-refractivity contribution is 5.89. The maximum absolute atomic E-state index is 12.8. The second-order valence-electron chi connectivity index (χ2n) is 8.75. The third-order valence-electron chi connectivity index (χ3n) is 6.80. The highest BCUT2D eigenvalue weighted by Gasteiger charge is 2.55. The van der Waals surface area contributed by atoms with Crippen LogP contribution in [0.2, 0.25) is 0 Å². The molecule has 2 saturated carbocycles. The number of rotatable bonds is 4. The van der Waals surface area contributed by atoms with E-state index in [0.717, 1.165) is 24.8 Å². The molecule has 0 unspecified atom stereocenters. The molecule has 0 amide bonds. The van der Waals surface area contributed by atoms with Crippen LogP contribution in [0.25, 0.3) is 0 Å². The van der Waals surface area contributed by atoms with Gasteiger partial charge in [0.1, 0.15) is 11.9 Å². The fourth-order valence-electron chi connectivity index (χ4n) is 5.14. The van der Waals surface area contributed by atoms with E-state index in [1.54, 1.807) is 31.4 Å². The first-order valence-corrected chi connectivity index (χ1v) is 9.98. The monoisotopic (exact) mass is 372 g/mol. The van der Waals surface area contributed by atoms with Crippen LogP contribution in [0.1, 0.15) is 56.8 Å². The molecular formula is C23H32O4. The number of benzene rings is 1. The molecule has 4 heteroatoms. The highest BCUT2D eigenvalue weighted by Crippen LogP contribution is 2.55. The highest BCUT2D eigenvalue weighted by atomic mass is 16.5. The number of methoxy groups -OCH3 is 1. The summed E-state index contributed by atoms with van der Waals surface area (Å²) in [6.07, 6.45) is 2.98. The van der Waals surface area contributed by atoms with Gasteiger partial charge in [-0.3, -0.25) is 0 Å². The minimum Gasteiger partial charge on any atom is -0.497 e. The largest absolute Gasteiger partial charge is 0.497 e. The van der Waals surface area contributed by atoms with Gasteiger partial charge in [0.2, 0.25) is 0 Å². The Morgan fingerprint density at radius 2 is 1.96 bits per heavy atom. The molecule has 5 atom stereocenters. The van der Waals surface area contributed by atoms with Crippen molar-refractivity contribution in [3.05, 3.63) is 42.0 Å². The molecule has 0 aromatic heterocycles. The molecule has 1 aromatic carbocycles. The van der Waals surface area contributed by atoms with E-state index in [9.17, 15) is 9.90 Å². The molecule has 2 aliphatic rings. The fourth-order valence-corrected chi connectivity index (χ4v) is 5.14. The zero-order chi connectivity index (χ0) is 19.8. The number of carbonyl (C=O) groups is 1. The summed E-state index contributed by atoms with van der Waals surface area (Å²) in [7, 11) is 1.60. The molecule has 1 N–H and O–H groups in total. The van der Waals surface area contributed by atoms with Gasteiger partial charge in [-0.15, -0.1) is 0 Å². The molecule has 3 rings (SSSR count). The number of aliphatic hydroxyl groups excluding tert-OH is 1. The molecule has 2 aliphatic carbocycles. The third-order valence-corrected chi connectivity index (χ3v) is 6.80. The van der Waals surface area contributed by atoms with Crippen molar-refractivity contribution in [2.24, 2.45) is 23.2 Å². The van der Waals surface area contributed by atoms with Crippen molar-refractivity contribution in [1.82, 2.24) is 0 Å². The first kappa shape index (κ1) is 19.9. The number of hydrogen-bond acceptors (Lipinski definition) is 4. The number of carbonyl (C=O) groups excluding carboxylic acids is 1. The first-order valence-electron chi connectivity index (χ1n) is 9.98. The summed E-state index contributed by atoms with van der Waals surface area (Å²) in [6.45, 7) is 10.7. The van der Waals surface area contributed by atoms with E-state index >= 15 is 0 Å². The summed E-state index contributed by atoms with van der Waals surface area (Å²) in [5.74, 6) is 0.814. The summed E-state index contributed by atoms with van der Waals surface area (Å²) >= 11 is 0. The van der Waals surface area contributed by atoms with Crippen LogP contribution >= 0.6 is 0 Å². The molecule has 1 aromatic rings. The molecule has 2 fully saturated rings. The second kappa shape index (κ2) is 7.67. The second-order valence-corrected chi connectivity index (χ2v) is 8.75. The van der Waals surface area contributed by atoms with Gasteiger partial charge >= 0.3 is 5.97 Å². The number of hydrogen-bond donors (Lipinski definition) is 1. The molecular weight excluding hydrogens is 340 g/mol. The average molecular weight is 373 g/mol. The van der Waals surface area contributed by atoms with Gasteiger partial charge in [0, 0.05) is 11.3 Å². The summed E-state index contributed by atoms with van der Waals surface area (Å²) in [5.41, 5.74) is 1.37. The van der Waals surface area contributed by atoms with Crippen LogP contribution < -0.4 is 4.74 Å². The Morgan fingerprint density at radius 3 is 2.56 bits per heavy atom. The van der Waals surface area contributed by atoms with E-state index in [1.165, 1.54) is 0 Å². The Labute approximate surface area is 162 Å². The molecule has 0 heterocycles. The smallest absolute Gasteiger partial charge is 0.338 e. The standard InChI is InChI=1S/C23H32O4/c1-14(2)18-13-19(23(4)12-6-7-15(3)20(23)21(18)24)27-22(25)16-8-10-17(26-5)11-9-16/h8-11,14,18-21,24H,3,6-7,12-13H2,1-2,4-5H3/t18-,19-,20-,21+,23+/m1/s1. The Morgan fingerprint density at radius 1 is 1.30 bits per heavy atom. The van der Waals surface area contributed by atoms with E-state index in [-0.39, 0.29) is 29.3 Å². The lowest BCUT2D eigenvalue weighted by molar-refractivity contribution is -0.140. The topological polar surface area (TPSA) is 55.8 Å². The van der Waals surface area contributed by atoms with Gasteiger partial charge in [0.05, 0.1) is 18.8 Å². The SMILES string of the molecule is C=C1CCC[C@]2(C)[C@H]1[C@@H](O)[C@@H](C(C)C)C[C@H]2OC(=O)c1ccc(OC)cc1. The third kappa shape index (κ3) is 3.64. The van der Waals surface area contributed by atoms with Gasteiger partial charge in [-0.2, -0.15) is 0 Å². The Kier molecular flexibility index (Phi) is 5.66. The van der Waals surface area contributed by atoms with Gasteiger partial charge in [-0.25, -0.2) is 4.79 Å². The minimum absolute atomic E-state index is 0.0129. The van der Waals surface area contributed by atoms with Crippen molar-refractivity contribution in [2.45, 2.75) is 58.7 Å². The number of ether oxygens (including phenoxy) is 2. The van der Waals surface area contributed by atoms with Crippen LogP contribution in [0, 0.1) is 23.2 Å². The molecule has 4 nitrogen and oxygen atoms in total. The van der Waals surface area contributed by atoms with Crippen molar-refractivity contribution in [3.63, 3.8) is 0 Å². The summed E-state index contributed by atoms with van der Waals surface area (Å²) in [6, 6.07) is 7.01.